The van der Waals surface area contributed by atoms with Gasteiger partial charge in [0.25, 0.3) is 11.8 Å². The second-order valence-electron chi connectivity index (χ2n) is 7.99. The Morgan fingerprint density at radius 1 is 1.00 bits per heavy atom. The maximum atomic E-state index is 13.7. The van der Waals surface area contributed by atoms with E-state index < -0.39 is 17.9 Å². The molecule has 4 rings (SSSR count). The normalized spacial score (nSPS) is 18.5. The van der Waals surface area contributed by atoms with Crippen LogP contribution in [0.3, 0.4) is 0 Å². The van der Waals surface area contributed by atoms with Crippen molar-refractivity contribution >= 4 is 57.3 Å². The minimum Gasteiger partial charge on any atom is -0.464 e. The Bertz CT molecular complexity index is 1160. The third kappa shape index (κ3) is 4.40. The molecule has 2 amide bonds. The lowest BCUT2D eigenvalue weighted by Gasteiger charge is -2.25. The number of benzene rings is 2. The molecule has 8 heteroatoms. The van der Waals surface area contributed by atoms with Gasteiger partial charge in [-0.1, -0.05) is 92.3 Å². The highest BCUT2D eigenvalue weighted by Crippen LogP contribution is 2.46. The highest BCUT2D eigenvalue weighted by molar-refractivity contribution is 8.26. The molecule has 6 nitrogen and oxygen atoms in total. The van der Waals surface area contributed by atoms with Crippen LogP contribution in [0.15, 0.2) is 59.5 Å². The molecule has 1 fully saturated rings. The van der Waals surface area contributed by atoms with Gasteiger partial charge in [-0.15, -0.1) is 0 Å². The number of amides is 2. The van der Waals surface area contributed by atoms with Gasteiger partial charge in [0, 0.05) is 12.1 Å². The number of fused-ring (bicyclic) bond motifs is 1. The van der Waals surface area contributed by atoms with Gasteiger partial charge in [0.2, 0.25) is 0 Å². The first-order chi connectivity index (χ1) is 16.5. The van der Waals surface area contributed by atoms with Crippen molar-refractivity contribution in [2.45, 2.75) is 39.2 Å². The van der Waals surface area contributed by atoms with Crippen molar-refractivity contribution in [2.24, 2.45) is 0 Å². The van der Waals surface area contributed by atoms with Crippen LogP contribution >= 0.6 is 24.0 Å². The predicted octanol–water partition coefficient (Wildman–Crippen LogP) is 5.10. The van der Waals surface area contributed by atoms with Crippen LogP contribution in [0.4, 0.5) is 5.69 Å². The van der Waals surface area contributed by atoms with E-state index in [9.17, 15) is 14.4 Å². The van der Waals surface area contributed by atoms with Crippen molar-refractivity contribution < 1.29 is 19.1 Å². The SMILES string of the molecule is CCCCCN1C(=O)/C(=C2\SC(=S)N(C(C(=O)OCC)c3ccccc3)C2=O)c2ccccc21. The highest BCUT2D eigenvalue weighted by Gasteiger charge is 2.46. The van der Waals surface area contributed by atoms with Gasteiger partial charge in [-0.05, 0) is 25.0 Å². The van der Waals surface area contributed by atoms with E-state index in [2.05, 4.69) is 6.92 Å². The molecule has 0 bridgehead atoms. The summed E-state index contributed by atoms with van der Waals surface area (Å²) in [4.78, 5) is 43.5. The summed E-state index contributed by atoms with van der Waals surface area (Å²) in [6.45, 7) is 4.59. The number of carbonyl (C=O) groups is 3. The molecule has 2 aromatic carbocycles. The van der Waals surface area contributed by atoms with Crippen LogP contribution < -0.4 is 4.90 Å². The summed E-state index contributed by atoms with van der Waals surface area (Å²) in [6.07, 6.45) is 2.94. The van der Waals surface area contributed by atoms with Crippen LogP contribution in [0.2, 0.25) is 0 Å². The molecule has 2 aromatic rings. The molecular weight excluding hydrogens is 468 g/mol. The first-order valence-electron chi connectivity index (χ1n) is 11.4. The van der Waals surface area contributed by atoms with Crippen molar-refractivity contribution in [3.8, 4) is 0 Å². The number of rotatable bonds is 8. The Morgan fingerprint density at radius 3 is 2.41 bits per heavy atom. The first kappa shape index (κ1) is 24.2. The predicted molar refractivity (Wildman–Crippen MR) is 138 cm³/mol. The van der Waals surface area contributed by atoms with E-state index in [-0.39, 0.29) is 21.7 Å². The van der Waals surface area contributed by atoms with Gasteiger partial charge in [0.05, 0.1) is 22.8 Å². The fraction of sp³-hybridized carbons (Fsp3) is 0.308. The molecule has 1 unspecified atom stereocenters. The zero-order valence-corrected chi connectivity index (χ0v) is 20.8. The number of anilines is 1. The van der Waals surface area contributed by atoms with Crippen molar-refractivity contribution in [2.75, 3.05) is 18.1 Å². The van der Waals surface area contributed by atoms with Crippen LogP contribution in [0.5, 0.6) is 0 Å². The lowest BCUT2D eigenvalue weighted by molar-refractivity contribution is -0.151. The summed E-state index contributed by atoms with van der Waals surface area (Å²) in [5.74, 6) is -1.22. The maximum Gasteiger partial charge on any atom is 0.333 e. The topological polar surface area (TPSA) is 66.9 Å². The number of thioether (sulfide) groups is 1. The summed E-state index contributed by atoms with van der Waals surface area (Å²) < 4.78 is 5.51. The lowest BCUT2D eigenvalue weighted by atomic mass is 10.0. The van der Waals surface area contributed by atoms with E-state index >= 15 is 0 Å². The molecule has 0 radical (unpaired) electrons. The van der Waals surface area contributed by atoms with E-state index in [1.807, 2.05) is 30.3 Å². The molecule has 2 aliphatic rings. The maximum absolute atomic E-state index is 13.7. The van der Waals surface area contributed by atoms with Crippen molar-refractivity contribution in [3.05, 3.63) is 70.6 Å². The van der Waals surface area contributed by atoms with Gasteiger partial charge >= 0.3 is 5.97 Å². The Balaban J connectivity index is 1.76. The number of thiocarbonyl (C=S) groups is 1. The van der Waals surface area contributed by atoms with Crippen molar-refractivity contribution in [1.29, 1.82) is 0 Å². The van der Waals surface area contributed by atoms with Gasteiger partial charge < -0.3 is 9.64 Å². The zero-order chi connectivity index (χ0) is 24.2. The molecule has 176 valence electrons. The first-order valence-corrected chi connectivity index (χ1v) is 12.6. The fourth-order valence-corrected chi connectivity index (χ4v) is 5.63. The quantitative estimate of drug-likeness (QED) is 0.220. The number of hydrogen-bond donors (Lipinski definition) is 0. The van der Waals surface area contributed by atoms with Gasteiger partial charge in [-0.25, -0.2) is 4.79 Å². The third-order valence-electron chi connectivity index (χ3n) is 5.82. The number of carbonyl (C=O) groups excluding carboxylic acids is 3. The minimum absolute atomic E-state index is 0.177. The van der Waals surface area contributed by atoms with E-state index in [1.165, 1.54) is 4.90 Å². The molecular formula is C26H26N2O4S2. The summed E-state index contributed by atoms with van der Waals surface area (Å²) in [5.41, 5.74) is 2.47. The standard InChI is InChI=1S/C26H26N2O4S2/c1-3-5-11-16-27-19-15-10-9-14-18(19)20(23(27)29)22-24(30)28(26(33)34-22)21(25(31)32-4-2)17-12-7-6-8-13-17/h6-10,12-15,21H,3-5,11,16H2,1-2H3/b22-20-. The number of esters is 1. The highest BCUT2D eigenvalue weighted by atomic mass is 32.2. The Hall–Kier alpha value is -2.97. The average Bonchev–Trinajstić information content (AvgIpc) is 3.28. The average molecular weight is 495 g/mol. The summed E-state index contributed by atoms with van der Waals surface area (Å²) in [6, 6.07) is 15.4. The number of para-hydroxylation sites is 1. The van der Waals surface area contributed by atoms with Crippen LogP contribution in [0, 0.1) is 0 Å². The van der Waals surface area contributed by atoms with Crippen LogP contribution in [0.1, 0.15) is 50.3 Å². The van der Waals surface area contributed by atoms with E-state index in [0.29, 0.717) is 17.7 Å². The molecule has 0 aromatic heterocycles. The Kier molecular flexibility index (Phi) is 7.48. The summed E-state index contributed by atoms with van der Waals surface area (Å²) in [5, 5.41) is 0. The van der Waals surface area contributed by atoms with Gasteiger partial charge in [0.15, 0.2) is 6.04 Å². The van der Waals surface area contributed by atoms with Crippen LogP contribution in [-0.2, 0) is 19.1 Å². The van der Waals surface area contributed by atoms with E-state index in [4.69, 9.17) is 17.0 Å². The molecule has 34 heavy (non-hydrogen) atoms. The molecule has 1 atom stereocenters. The molecule has 0 spiro atoms. The van der Waals surface area contributed by atoms with Gasteiger partial charge in [-0.2, -0.15) is 0 Å². The molecule has 1 saturated heterocycles. The van der Waals surface area contributed by atoms with Crippen molar-refractivity contribution in [3.63, 3.8) is 0 Å². The molecule has 2 heterocycles. The monoisotopic (exact) mass is 494 g/mol. The second-order valence-corrected chi connectivity index (χ2v) is 9.64. The third-order valence-corrected chi connectivity index (χ3v) is 7.22. The molecule has 0 N–H and O–H groups in total. The number of nitrogens with zero attached hydrogens (tertiary/aromatic N) is 2. The second kappa shape index (κ2) is 10.5. The van der Waals surface area contributed by atoms with E-state index in [1.54, 1.807) is 36.1 Å². The van der Waals surface area contributed by atoms with Crippen LogP contribution in [-0.4, -0.2) is 40.2 Å². The summed E-state index contributed by atoms with van der Waals surface area (Å²) in [7, 11) is 0. The molecule has 2 aliphatic heterocycles. The minimum atomic E-state index is -1.01. The summed E-state index contributed by atoms with van der Waals surface area (Å²) >= 11 is 6.63. The van der Waals surface area contributed by atoms with Crippen LogP contribution in [0.25, 0.3) is 5.57 Å². The number of unbranched alkanes of at least 4 members (excludes halogenated alkanes) is 2. The number of ether oxygens (including phenoxy) is 1. The largest absolute Gasteiger partial charge is 0.464 e. The number of hydrogen-bond acceptors (Lipinski definition) is 6. The molecule has 0 aliphatic carbocycles. The smallest absolute Gasteiger partial charge is 0.333 e. The van der Waals surface area contributed by atoms with Crippen molar-refractivity contribution in [1.82, 2.24) is 4.90 Å². The fourth-order valence-electron chi connectivity index (χ4n) is 4.24. The molecule has 0 saturated carbocycles. The Morgan fingerprint density at radius 2 is 1.71 bits per heavy atom. The van der Waals surface area contributed by atoms with Gasteiger partial charge in [-0.3, -0.25) is 14.5 Å². The Labute approximate surface area is 208 Å². The van der Waals surface area contributed by atoms with Gasteiger partial charge in [0.1, 0.15) is 4.32 Å². The lowest BCUT2D eigenvalue weighted by Crippen LogP contribution is -2.38. The zero-order valence-electron chi connectivity index (χ0n) is 19.2. The van der Waals surface area contributed by atoms with E-state index in [0.717, 1.165) is 42.3 Å².